The molecule has 0 spiro atoms. The molecule has 1 rings (SSSR count). The highest BCUT2D eigenvalue weighted by Crippen LogP contribution is 2.19. The Morgan fingerprint density at radius 2 is 2.21 bits per heavy atom. The molecule has 1 aromatic rings. The molecule has 1 heterocycles. The van der Waals surface area contributed by atoms with Crippen LogP contribution in [0.25, 0.3) is 0 Å². The van der Waals surface area contributed by atoms with Crippen molar-refractivity contribution in [3.8, 4) is 0 Å². The average molecular weight is 214 g/mol. The van der Waals surface area contributed by atoms with Gasteiger partial charge in [0.2, 0.25) is 0 Å². The quantitative estimate of drug-likeness (QED) is 0.817. The maximum atomic E-state index is 5.83. The Kier molecular flexibility index (Phi) is 4.48. The zero-order valence-electron chi connectivity index (χ0n) is 9.04. The van der Waals surface area contributed by atoms with Crippen LogP contribution in [-0.2, 0) is 5.75 Å². The van der Waals surface area contributed by atoms with Crippen LogP contribution < -0.4 is 5.73 Å². The number of nitrogens with zero attached hydrogens (tertiary/aromatic N) is 1. The van der Waals surface area contributed by atoms with E-state index in [1.54, 1.807) is 0 Å². The molecule has 4 heteroatoms. The molecule has 0 amide bonds. The Morgan fingerprint density at radius 3 is 2.71 bits per heavy atom. The van der Waals surface area contributed by atoms with Gasteiger partial charge in [-0.15, -0.1) is 0 Å². The first kappa shape index (κ1) is 11.6. The summed E-state index contributed by atoms with van der Waals surface area (Å²) in [6, 6.07) is 0.306. The number of thioether (sulfide) groups is 1. The number of nitrogens with two attached hydrogens (primary N) is 1. The highest BCUT2D eigenvalue weighted by atomic mass is 32.2. The molecule has 1 aromatic heterocycles. The third-order valence-electron chi connectivity index (χ3n) is 2.28. The Morgan fingerprint density at radius 1 is 1.50 bits per heavy atom. The molecule has 3 nitrogen and oxygen atoms in total. The van der Waals surface area contributed by atoms with Crippen molar-refractivity contribution in [2.75, 3.05) is 5.75 Å². The second kappa shape index (κ2) is 5.41. The first-order valence-electron chi connectivity index (χ1n) is 4.90. The van der Waals surface area contributed by atoms with Gasteiger partial charge in [0, 0.05) is 23.1 Å². The molecule has 1 atom stereocenters. The number of hydrogen-bond donors (Lipinski definition) is 1. The van der Waals surface area contributed by atoms with Crippen LogP contribution in [0.3, 0.4) is 0 Å². The van der Waals surface area contributed by atoms with E-state index in [2.05, 4.69) is 12.1 Å². The van der Waals surface area contributed by atoms with E-state index < -0.39 is 0 Å². The molecule has 2 N–H and O–H groups in total. The average Bonchev–Trinajstić information content (AvgIpc) is 2.48. The second-order valence-corrected chi connectivity index (χ2v) is 4.52. The predicted molar refractivity (Wildman–Crippen MR) is 60.4 cm³/mol. The van der Waals surface area contributed by atoms with Crippen LogP contribution in [0, 0.1) is 13.8 Å². The lowest BCUT2D eigenvalue weighted by Gasteiger charge is -2.07. The van der Waals surface area contributed by atoms with E-state index in [0.717, 1.165) is 29.4 Å². The summed E-state index contributed by atoms with van der Waals surface area (Å²) in [5.41, 5.74) is 8.05. The predicted octanol–water partition coefficient (Wildman–Crippen LogP) is 2.26. The normalized spacial score (nSPS) is 13.1. The maximum absolute atomic E-state index is 5.83. The van der Waals surface area contributed by atoms with E-state index in [1.807, 2.05) is 25.6 Å². The molecule has 0 saturated heterocycles. The van der Waals surface area contributed by atoms with Crippen molar-refractivity contribution >= 4 is 11.8 Å². The van der Waals surface area contributed by atoms with E-state index in [0.29, 0.717) is 6.04 Å². The van der Waals surface area contributed by atoms with Crippen molar-refractivity contribution in [1.29, 1.82) is 0 Å². The molecule has 0 fully saturated rings. The fourth-order valence-electron chi connectivity index (χ4n) is 1.14. The Balaban J connectivity index is 2.38. The summed E-state index contributed by atoms with van der Waals surface area (Å²) >= 11 is 1.85. The van der Waals surface area contributed by atoms with Crippen molar-refractivity contribution in [2.45, 2.75) is 39.0 Å². The van der Waals surface area contributed by atoms with Gasteiger partial charge in [0.05, 0.1) is 5.69 Å². The van der Waals surface area contributed by atoms with Crippen molar-refractivity contribution in [3.63, 3.8) is 0 Å². The zero-order chi connectivity index (χ0) is 10.6. The highest BCUT2D eigenvalue weighted by Gasteiger charge is 2.09. The largest absolute Gasteiger partial charge is 0.361 e. The molecule has 14 heavy (non-hydrogen) atoms. The third-order valence-corrected chi connectivity index (χ3v) is 3.44. The molecular formula is C10H18N2OS. The summed E-state index contributed by atoms with van der Waals surface area (Å²) in [7, 11) is 0. The summed E-state index contributed by atoms with van der Waals surface area (Å²) in [4.78, 5) is 0. The van der Waals surface area contributed by atoms with Gasteiger partial charge in [-0.3, -0.25) is 0 Å². The molecule has 80 valence electrons. The Hall–Kier alpha value is -0.480. The minimum Gasteiger partial charge on any atom is -0.361 e. The van der Waals surface area contributed by atoms with Gasteiger partial charge in [-0.25, -0.2) is 0 Å². The van der Waals surface area contributed by atoms with Crippen LogP contribution in [0.1, 0.15) is 30.4 Å². The lowest BCUT2D eigenvalue weighted by molar-refractivity contribution is 0.392. The van der Waals surface area contributed by atoms with Gasteiger partial charge in [-0.1, -0.05) is 12.1 Å². The summed E-state index contributed by atoms with van der Waals surface area (Å²) in [6.45, 7) is 6.04. The van der Waals surface area contributed by atoms with Crippen LogP contribution in [-0.4, -0.2) is 17.0 Å². The Labute approximate surface area is 89.4 Å². The molecule has 0 aliphatic heterocycles. The second-order valence-electron chi connectivity index (χ2n) is 3.49. The lowest BCUT2D eigenvalue weighted by atomic mass is 10.2. The van der Waals surface area contributed by atoms with E-state index >= 15 is 0 Å². The van der Waals surface area contributed by atoms with Crippen molar-refractivity contribution < 1.29 is 4.52 Å². The number of aryl methyl sites for hydroxylation is 2. The van der Waals surface area contributed by atoms with Gasteiger partial charge in [-0.2, -0.15) is 11.8 Å². The van der Waals surface area contributed by atoms with Gasteiger partial charge in [0.15, 0.2) is 0 Å². The molecule has 0 radical (unpaired) electrons. The van der Waals surface area contributed by atoms with Crippen LogP contribution in [0.4, 0.5) is 0 Å². The van der Waals surface area contributed by atoms with E-state index in [-0.39, 0.29) is 0 Å². The van der Waals surface area contributed by atoms with Crippen molar-refractivity contribution in [3.05, 3.63) is 17.0 Å². The summed E-state index contributed by atoms with van der Waals surface area (Å²) < 4.78 is 5.08. The smallest absolute Gasteiger partial charge is 0.137 e. The minimum atomic E-state index is 0.306. The van der Waals surface area contributed by atoms with Gasteiger partial charge >= 0.3 is 0 Å². The van der Waals surface area contributed by atoms with Gasteiger partial charge < -0.3 is 10.3 Å². The molecule has 0 bridgehead atoms. The molecule has 0 aliphatic carbocycles. The summed E-state index contributed by atoms with van der Waals surface area (Å²) in [6.07, 6.45) is 1.04. The van der Waals surface area contributed by atoms with Crippen LogP contribution in [0.5, 0.6) is 0 Å². The van der Waals surface area contributed by atoms with Crippen LogP contribution in [0.2, 0.25) is 0 Å². The third kappa shape index (κ3) is 3.03. The fraction of sp³-hybridized carbons (Fsp3) is 0.700. The van der Waals surface area contributed by atoms with Gasteiger partial charge in [0.25, 0.3) is 0 Å². The van der Waals surface area contributed by atoms with Gasteiger partial charge in [-0.05, 0) is 20.3 Å². The van der Waals surface area contributed by atoms with Crippen molar-refractivity contribution in [2.24, 2.45) is 5.73 Å². The SMILES string of the molecule is CCC(N)CSCc1c(C)noc1C. The highest BCUT2D eigenvalue weighted by molar-refractivity contribution is 7.98. The van der Waals surface area contributed by atoms with E-state index in [9.17, 15) is 0 Å². The van der Waals surface area contributed by atoms with Crippen molar-refractivity contribution in [1.82, 2.24) is 5.16 Å². The molecule has 0 aromatic carbocycles. The standard InChI is InChI=1S/C10H18N2OS/c1-4-9(11)5-14-6-10-7(2)12-13-8(10)3/h9H,4-6,11H2,1-3H3. The topological polar surface area (TPSA) is 52.0 Å². The molecule has 0 aliphatic rings. The minimum absolute atomic E-state index is 0.306. The maximum Gasteiger partial charge on any atom is 0.137 e. The lowest BCUT2D eigenvalue weighted by Crippen LogP contribution is -2.21. The first-order valence-corrected chi connectivity index (χ1v) is 6.05. The van der Waals surface area contributed by atoms with Crippen LogP contribution >= 0.6 is 11.8 Å². The number of hydrogen-bond acceptors (Lipinski definition) is 4. The van der Waals surface area contributed by atoms with E-state index in [4.69, 9.17) is 10.3 Å². The molecule has 0 saturated carbocycles. The van der Waals surface area contributed by atoms with Gasteiger partial charge in [0.1, 0.15) is 5.76 Å². The monoisotopic (exact) mass is 214 g/mol. The zero-order valence-corrected chi connectivity index (χ0v) is 9.86. The number of rotatable bonds is 5. The summed E-state index contributed by atoms with van der Waals surface area (Å²) in [5, 5.41) is 3.91. The molecule has 1 unspecified atom stereocenters. The fourth-order valence-corrected chi connectivity index (χ4v) is 2.41. The van der Waals surface area contributed by atoms with E-state index in [1.165, 1.54) is 5.56 Å². The first-order chi connectivity index (χ1) is 6.65. The number of aromatic nitrogens is 1. The molecular weight excluding hydrogens is 196 g/mol. The summed E-state index contributed by atoms with van der Waals surface area (Å²) in [5.74, 6) is 2.88. The Bertz CT molecular complexity index is 266. The van der Waals surface area contributed by atoms with Crippen LogP contribution in [0.15, 0.2) is 4.52 Å².